The van der Waals surface area contributed by atoms with E-state index in [0.717, 1.165) is 17.7 Å². The lowest BCUT2D eigenvalue weighted by Crippen LogP contribution is -2.20. The normalized spacial score (nSPS) is 11.7. The molecule has 1 amide bonds. The second-order valence-electron chi connectivity index (χ2n) is 5.37. The molecule has 4 nitrogen and oxygen atoms in total. The number of furan rings is 1. The zero-order chi connectivity index (χ0) is 15.2. The standard InChI is InChI=1S/C17H20N2O2/c1-12(2)11-15(14-7-5-4-6-8-14)18-19-17(20)16-10-9-13(3)21-16/h4-10,12H,11H2,1-3H3,(H,19,20)/b18-15+. The second-order valence-corrected chi connectivity index (χ2v) is 5.37. The first-order valence-electron chi connectivity index (χ1n) is 7.05. The topological polar surface area (TPSA) is 54.6 Å². The molecule has 0 saturated heterocycles. The highest BCUT2D eigenvalue weighted by molar-refractivity contribution is 6.02. The summed E-state index contributed by atoms with van der Waals surface area (Å²) in [5.74, 6) is 1.09. The van der Waals surface area contributed by atoms with Crippen molar-refractivity contribution >= 4 is 11.6 Å². The highest BCUT2D eigenvalue weighted by Gasteiger charge is 2.11. The number of rotatable bonds is 5. The summed E-state index contributed by atoms with van der Waals surface area (Å²) in [5.41, 5.74) is 4.45. The van der Waals surface area contributed by atoms with Crippen LogP contribution in [0.4, 0.5) is 0 Å². The smallest absolute Gasteiger partial charge is 0.307 e. The van der Waals surface area contributed by atoms with Gasteiger partial charge in [0.15, 0.2) is 5.76 Å². The monoisotopic (exact) mass is 284 g/mol. The lowest BCUT2D eigenvalue weighted by atomic mass is 10.0. The summed E-state index contributed by atoms with van der Waals surface area (Å²) in [5, 5.41) is 4.28. The molecule has 1 heterocycles. The fourth-order valence-corrected chi connectivity index (χ4v) is 1.98. The Balaban J connectivity index is 2.15. The number of carbonyl (C=O) groups excluding carboxylic acids is 1. The van der Waals surface area contributed by atoms with Gasteiger partial charge in [0.1, 0.15) is 5.76 Å². The minimum absolute atomic E-state index is 0.271. The van der Waals surface area contributed by atoms with Gasteiger partial charge in [-0.3, -0.25) is 4.79 Å². The fourth-order valence-electron chi connectivity index (χ4n) is 1.98. The van der Waals surface area contributed by atoms with E-state index in [-0.39, 0.29) is 11.7 Å². The number of hydrogen-bond donors (Lipinski definition) is 1. The lowest BCUT2D eigenvalue weighted by molar-refractivity contribution is 0.0926. The van der Waals surface area contributed by atoms with Crippen molar-refractivity contribution in [3.63, 3.8) is 0 Å². The summed E-state index contributed by atoms with van der Waals surface area (Å²) in [4.78, 5) is 12.0. The van der Waals surface area contributed by atoms with E-state index in [0.29, 0.717) is 11.7 Å². The number of nitrogens with zero attached hydrogens (tertiary/aromatic N) is 1. The summed E-state index contributed by atoms with van der Waals surface area (Å²) in [6.45, 7) is 6.04. The van der Waals surface area contributed by atoms with Crippen molar-refractivity contribution in [2.75, 3.05) is 0 Å². The molecule has 0 aliphatic rings. The summed E-state index contributed by atoms with van der Waals surface area (Å²) in [6.07, 6.45) is 0.793. The van der Waals surface area contributed by atoms with Crippen LogP contribution in [-0.4, -0.2) is 11.6 Å². The number of benzene rings is 1. The molecule has 2 aromatic rings. The van der Waals surface area contributed by atoms with Gasteiger partial charge < -0.3 is 4.42 Å². The van der Waals surface area contributed by atoms with Crippen molar-refractivity contribution in [1.29, 1.82) is 0 Å². The lowest BCUT2D eigenvalue weighted by Gasteiger charge is -2.09. The zero-order valence-electron chi connectivity index (χ0n) is 12.6. The van der Waals surface area contributed by atoms with E-state index in [1.165, 1.54) is 0 Å². The van der Waals surface area contributed by atoms with Crippen LogP contribution in [0.25, 0.3) is 0 Å². The van der Waals surface area contributed by atoms with E-state index in [2.05, 4.69) is 24.4 Å². The molecule has 21 heavy (non-hydrogen) atoms. The van der Waals surface area contributed by atoms with Crippen LogP contribution in [0.3, 0.4) is 0 Å². The molecule has 0 spiro atoms. The third-order valence-corrected chi connectivity index (χ3v) is 2.97. The molecule has 0 atom stereocenters. The van der Waals surface area contributed by atoms with Gasteiger partial charge in [-0.25, -0.2) is 5.43 Å². The average Bonchev–Trinajstić information content (AvgIpc) is 2.90. The first-order valence-corrected chi connectivity index (χ1v) is 7.05. The SMILES string of the molecule is Cc1ccc(C(=O)N/N=C(\CC(C)C)c2ccccc2)o1. The van der Waals surface area contributed by atoms with Crippen molar-refractivity contribution in [2.24, 2.45) is 11.0 Å². The van der Waals surface area contributed by atoms with Crippen LogP contribution in [0, 0.1) is 12.8 Å². The maximum Gasteiger partial charge on any atom is 0.307 e. The van der Waals surface area contributed by atoms with E-state index in [9.17, 15) is 4.79 Å². The number of aryl methyl sites for hydroxylation is 1. The molecular weight excluding hydrogens is 264 g/mol. The van der Waals surface area contributed by atoms with Crippen molar-refractivity contribution < 1.29 is 9.21 Å². The molecule has 0 fully saturated rings. The van der Waals surface area contributed by atoms with E-state index < -0.39 is 0 Å². The molecule has 2 rings (SSSR count). The minimum atomic E-state index is -0.333. The Kier molecular flexibility index (Phi) is 4.93. The third-order valence-electron chi connectivity index (χ3n) is 2.97. The first kappa shape index (κ1) is 15.0. The van der Waals surface area contributed by atoms with Crippen molar-refractivity contribution in [2.45, 2.75) is 27.2 Å². The minimum Gasteiger partial charge on any atom is -0.456 e. The van der Waals surface area contributed by atoms with Crippen molar-refractivity contribution in [3.8, 4) is 0 Å². The summed E-state index contributed by atoms with van der Waals surface area (Å²) < 4.78 is 5.28. The van der Waals surface area contributed by atoms with Gasteiger partial charge in [0.2, 0.25) is 0 Å². The fraction of sp³-hybridized carbons (Fsp3) is 0.294. The predicted molar refractivity (Wildman–Crippen MR) is 83.3 cm³/mol. The molecule has 0 saturated carbocycles. The zero-order valence-corrected chi connectivity index (χ0v) is 12.6. The number of hydrogen-bond acceptors (Lipinski definition) is 3. The maximum atomic E-state index is 12.0. The molecular formula is C17H20N2O2. The number of hydrazone groups is 1. The summed E-state index contributed by atoms with van der Waals surface area (Å²) in [6, 6.07) is 13.3. The van der Waals surface area contributed by atoms with Crippen LogP contribution in [0.5, 0.6) is 0 Å². The largest absolute Gasteiger partial charge is 0.456 e. The predicted octanol–water partition coefficient (Wildman–Crippen LogP) is 3.77. The molecule has 0 bridgehead atoms. The van der Waals surface area contributed by atoms with E-state index >= 15 is 0 Å². The third kappa shape index (κ3) is 4.31. The summed E-state index contributed by atoms with van der Waals surface area (Å²) in [7, 11) is 0. The van der Waals surface area contributed by atoms with Gasteiger partial charge in [-0.2, -0.15) is 5.10 Å². The maximum absolute atomic E-state index is 12.0. The summed E-state index contributed by atoms with van der Waals surface area (Å²) >= 11 is 0. The van der Waals surface area contributed by atoms with Crippen LogP contribution in [0.2, 0.25) is 0 Å². The highest BCUT2D eigenvalue weighted by atomic mass is 16.3. The molecule has 110 valence electrons. The van der Waals surface area contributed by atoms with Crippen LogP contribution in [0.1, 0.15) is 42.1 Å². The van der Waals surface area contributed by atoms with E-state index in [4.69, 9.17) is 4.42 Å². The van der Waals surface area contributed by atoms with E-state index in [1.54, 1.807) is 19.1 Å². The Labute approximate surface area is 124 Å². The van der Waals surface area contributed by atoms with Gasteiger partial charge in [-0.1, -0.05) is 44.2 Å². The Hall–Kier alpha value is -2.36. The Morgan fingerprint density at radius 3 is 2.48 bits per heavy atom. The Morgan fingerprint density at radius 2 is 1.90 bits per heavy atom. The van der Waals surface area contributed by atoms with Gasteiger partial charge in [0.25, 0.3) is 0 Å². The number of carbonyl (C=O) groups is 1. The quantitative estimate of drug-likeness (QED) is 0.671. The highest BCUT2D eigenvalue weighted by Crippen LogP contribution is 2.11. The number of amides is 1. The van der Waals surface area contributed by atoms with Gasteiger partial charge in [-0.05, 0) is 37.0 Å². The number of nitrogens with one attached hydrogen (secondary N) is 1. The molecule has 0 unspecified atom stereocenters. The van der Waals surface area contributed by atoms with Crippen LogP contribution in [-0.2, 0) is 0 Å². The first-order chi connectivity index (χ1) is 10.1. The van der Waals surface area contributed by atoms with Crippen LogP contribution < -0.4 is 5.43 Å². The van der Waals surface area contributed by atoms with Crippen molar-refractivity contribution in [3.05, 3.63) is 59.5 Å². The molecule has 4 heteroatoms. The molecule has 1 aromatic heterocycles. The average molecular weight is 284 g/mol. The van der Waals surface area contributed by atoms with Gasteiger partial charge in [0, 0.05) is 0 Å². The van der Waals surface area contributed by atoms with Gasteiger partial charge in [0.05, 0.1) is 5.71 Å². The Morgan fingerprint density at radius 1 is 1.19 bits per heavy atom. The Bertz CT molecular complexity index is 627. The van der Waals surface area contributed by atoms with Gasteiger partial charge >= 0.3 is 5.91 Å². The van der Waals surface area contributed by atoms with Crippen molar-refractivity contribution in [1.82, 2.24) is 5.43 Å². The second kappa shape index (κ2) is 6.88. The van der Waals surface area contributed by atoms with E-state index in [1.807, 2.05) is 30.3 Å². The molecule has 1 aromatic carbocycles. The molecule has 0 aliphatic carbocycles. The van der Waals surface area contributed by atoms with Crippen LogP contribution in [0.15, 0.2) is 52.0 Å². The van der Waals surface area contributed by atoms with Crippen LogP contribution >= 0.6 is 0 Å². The molecule has 1 N–H and O–H groups in total. The van der Waals surface area contributed by atoms with Gasteiger partial charge in [-0.15, -0.1) is 0 Å². The molecule has 0 aliphatic heterocycles. The molecule has 0 radical (unpaired) electrons.